The monoisotopic (exact) mass is 239 g/mol. The Morgan fingerprint density at radius 2 is 2.06 bits per heavy atom. The van der Waals surface area contributed by atoms with Crippen LogP contribution in [0.15, 0.2) is 33.5 Å². The van der Waals surface area contributed by atoms with E-state index < -0.39 is 5.76 Å². The zero-order chi connectivity index (χ0) is 11.4. The molecule has 2 aromatic rings. The number of hydrogen-bond acceptors (Lipinski definition) is 4. The van der Waals surface area contributed by atoms with E-state index in [-0.39, 0.29) is 0 Å². The summed E-state index contributed by atoms with van der Waals surface area (Å²) in [6.45, 7) is 1.06. The van der Waals surface area contributed by atoms with Crippen LogP contribution < -0.4 is 11.1 Å². The minimum atomic E-state index is -0.539. The van der Waals surface area contributed by atoms with Gasteiger partial charge in [0.15, 0.2) is 0 Å². The van der Waals surface area contributed by atoms with E-state index in [9.17, 15) is 4.79 Å². The lowest BCUT2D eigenvalue weighted by atomic mass is 10.2. The zero-order valence-electron chi connectivity index (χ0n) is 8.37. The number of aromatic nitrogens is 2. The second-order valence-corrected chi connectivity index (χ2v) is 3.67. The molecule has 0 aliphatic rings. The predicted molar refractivity (Wildman–Crippen MR) is 59.1 cm³/mol. The number of rotatable bonds is 4. The van der Waals surface area contributed by atoms with Gasteiger partial charge in [0.2, 0.25) is 5.89 Å². The van der Waals surface area contributed by atoms with Crippen LogP contribution in [0.2, 0.25) is 5.02 Å². The molecule has 1 heterocycles. The molecule has 0 aliphatic carbocycles. The van der Waals surface area contributed by atoms with Gasteiger partial charge in [-0.25, -0.2) is 9.89 Å². The van der Waals surface area contributed by atoms with E-state index in [1.807, 2.05) is 24.3 Å². The number of nitrogens with one attached hydrogen (secondary N) is 2. The number of nitrogens with zero attached hydrogens (tertiary/aromatic N) is 1. The van der Waals surface area contributed by atoms with Gasteiger partial charge in [0.1, 0.15) is 0 Å². The van der Waals surface area contributed by atoms with Crippen molar-refractivity contribution < 1.29 is 4.42 Å². The van der Waals surface area contributed by atoms with Crippen molar-refractivity contribution in [3.8, 4) is 0 Å². The van der Waals surface area contributed by atoms with Gasteiger partial charge < -0.3 is 9.73 Å². The summed E-state index contributed by atoms with van der Waals surface area (Å²) in [5.41, 5.74) is 1.10. The Labute approximate surface area is 96.4 Å². The average molecular weight is 240 g/mol. The highest BCUT2D eigenvalue weighted by molar-refractivity contribution is 6.30. The molecular formula is C10H10ClN3O2. The Morgan fingerprint density at radius 3 is 2.69 bits per heavy atom. The van der Waals surface area contributed by atoms with Crippen LogP contribution in [0.25, 0.3) is 0 Å². The first-order chi connectivity index (χ1) is 7.74. The van der Waals surface area contributed by atoms with Crippen LogP contribution in [0, 0.1) is 0 Å². The highest BCUT2D eigenvalue weighted by atomic mass is 35.5. The SMILES string of the molecule is O=c1[nH]nc(CNCc2ccc(Cl)cc2)o1. The van der Waals surface area contributed by atoms with Crippen molar-refractivity contribution in [2.75, 3.05) is 0 Å². The maximum absolute atomic E-state index is 10.6. The number of halogens is 1. The summed E-state index contributed by atoms with van der Waals surface area (Å²) >= 11 is 5.76. The molecule has 0 spiro atoms. The quantitative estimate of drug-likeness (QED) is 0.844. The van der Waals surface area contributed by atoms with Crippen LogP contribution in [0.4, 0.5) is 0 Å². The molecular weight excluding hydrogens is 230 g/mol. The third-order valence-corrected chi connectivity index (χ3v) is 2.25. The first kappa shape index (κ1) is 10.9. The molecule has 0 bridgehead atoms. The standard InChI is InChI=1S/C10H10ClN3O2/c11-8-3-1-7(2-4-8)5-12-6-9-13-14-10(15)16-9/h1-4,12H,5-6H2,(H,14,15). The lowest BCUT2D eigenvalue weighted by Gasteiger charge is -2.01. The summed E-state index contributed by atoms with van der Waals surface area (Å²) in [5, 5.41) is 9.67. The molecule has 0 saturated heterocycles. The van der Waals surface area contributed by atoms with Gasteiger partial charge in [-0.1, -0.05) is 23.7 Å². The van der Waals surface area contributed by atoms with E-state index in [2.05, 4.69) is 15.5 Å². The van der Waals surface area contributed by atoms with Crippen LogP contribution in [0.5, 0.6) is 0 Å². The number of hydrogen-bond donors (Lipinski definition) is 2. The smallest absolute Gasteiger partial charge is 0.391 e. The molecule has 16 heavy (non-hydrogen) atoms. The van der Waals surface area contributed by atoms with E-state index in [1.54, 1.807) is 0 Å². The highest BCUT2D eigenvalue weighted by Crippen LogP contribution is 2.09. The Bertz CT molecular complexity index is 503. The second kappa shape index (κ2) is 4.96. The summed E-state index contributed by atoms with van der Waals surface area (Å²) in [4.78, 5) is 10.6. The first-order valence-corrected chi connectivity index (χ1v) is 5.11. The third kappa shape index (κ3) is 2.95. The molecule has 1 aromatic heterocycles. The Kier molecular flexibility index (Phi) is 3.38. The first-order valence-electron chi connectivity index (χ1n) is 4.73. The van der Waals surface area contributed by atoms with Crippen molar-refractivity contribution >= 4 is 11.6 Å². The second-order valence-electron chi connectivity index (χ2n) is 3.24. The van der Waals surface area contributed by atoms with Gasteiger partial charge in [-0.05, 0) is 17.7 Å². The minimum absolute atomic E-state index is 0.346. The molecule has 5 nitrogen and oxygen atoms in total. The molecule has 0 saturated carbocycles. The van der Waals surface area contributed by atoms with Crippen LogP contribution in [0.3, 0.4) is 0 Å². The Balaban J connectivity index is 1.84. The summed E-state index contributed by atoms with van der Waals surface area (Å²) in [6, 6.07) is 7.51. The molecule has 0 fully saturated rings. The van der Waals surface area contributed by atoms with Crippen molar-refractivity contribution in [3.05, 3.63) is 51.3 Å². The normalized spacial score (nSPS) is 10.6. The molecule has 2 rings (SSSR count). The fraction of sp³-hybridized carbons (Fsp3) is 0.200. The molecule has 0 amide bonds. The van der Waals surface area contributed by atoms with Crippen molar-refractivity contribution in [1.29, 1.82) is 0 Å². The van der Waals surface area contributed by atoms with Gasteiger partial charge in [-0.3, -0.25) is 0 Å². The van der Waals surface area contributed by atoms with Gasteiger partial charge in [-0.15, -0.1) is 5.10 Å². The predicted octanol–water partition coefficient (Wildman–Crippen LogP) is 1.31. The van der Waals surface area contributed by atoms with E-state index in [4.69, 9.17) is 16.0 Å². The van der Waals surface area contributed by atoms with Crippen molar-refractivity contribution in [3.63, 3.8) is 0 Å². The molecule has 6 heteroatoms. The molecule has 2 N–H and O–H groups in total. The maximum Gasteiger partial charge on any atom is 0.434 e. The van der Waals surface area contributed by atoms with Crippen LogP contribution in [-0.4, -0.2) is 10.2 Å². The van der Waals surface area contributed by atoms with Gasteiger partial charge in [0.25, 0.3) is 0 Å². The largest absolute Gasteiger partial charge is 0.434 e. The van der Waals surface area contributed by atoms with Crippen LogP contribution >= 0.6 is 11.6 Å². The van der Waals surface area contributed by atoms with Crippen LogP contribution in [0.1, 0.15) is 11.5 Å². The molecule has 0 radical (unpaired) electrons. The van der Waals surface area contributed by atoms with E-state index in [1.165, 1.54) is 0 Å². The van der Waals surface area contributed by atoms with Crippen molar-refractivity contribution in [2.45, 2.75) is 13.1 Å². The number of H-pyrrole nitrogens is 1. The number of benzene rings is 1. The number of aromatic amines is 1. The zero-order valence-corrected chi connectivity index (χ0v) is 9.12. The summed E-state index contributed by atoms with van der Waals surface area (Å²) < 4.78 is 4.73. The van der Waals surface area contributed by atoms with Gasteiger partial charge in [0, 0.05) is 11.6 Å². The van der Waals surface area contributed by atoms with Gasteiger partial charge >= 0.3 is 5.76 Å². The maximum atomic E-state index is 10.6. The summed E-state index contributed by atoms with van der Waals surface area (Å²) in [6.07, 6.45) is 0. The van der Waals surface area contributed by atoms with Crippen molar-refractivity contribution in [2.24, 2.45) is 0 Å². The highest BCUT2D eigenvalue weighted by Gasteiger charge is 2.00. The molecule has 1 aromatic carbocycles. The molecule has 0 atom stereocenters. The van der Waals surface area contributed by atoms with E-state index in [0.29, 0.717) is 24.0 Å². The molecule has 0 unspecified atom stereocenters. The lowest BCUT2D eigenvalue weighted by Crippen LogP contribution is -2.12. The third-order valence-electron chi connectivity index (χ3n) is 2.00. The van der Waals surface area contributed by atoms with Crippen LogP contribution in [-0.2, 0) is 13.1 Å². The van der Waals surface area contributed by atoms with Crippen molar-refractivity contribution in [1.82, 2.24) is 15.5 Å². The fourth-order valence-corrected chi connectivity index (χ4v) is 1.38. The van der Waals surface area contributed by atoms with Gasteiger partial charge in [-0.2, -0.15) is 0 Å². The molecule has 0 aliphatic heterocycles. The fourth-order valence-electron chi connectivity index (χ4n) is 1.25. The van der Waals surface area contributed by atoms with E-state index >= 15 is 0 Å². The van der Waals surface area contributed by atoms with E-state index in [0.717, 1.165) is 5.56 Å². The summed E-state index contributed by atoms with van der Waals surface area (Å²) in [7, 11) is 0. The summed E-state index contributed by atoms with van der Waals surface area (Å²) in [5.74, 6) is -0.192. The topological polar surface area (TPSA) is 70.9 Å². The minimum Gasteiger partial charge on any atom is -0.391 e. The Morgan fingerprint density at radius 1 is 1.31 bits per heavy atom. The average Bonchev–Trinajstić information content (AvgIpc) is 2.67. The van der Waals surface area contributed by atoms with Gasteiger partial charge in [0.05, 0.1) is 6.54 Å². The lowest BCUT2D eigenvalue weighted by molar-refractivity contribution is 0.442. The Hall–Kier alpha value is -1.59. The molecule has 84 valence electrons.